The number of halogens is 1. The van der Waals surface area contributed by atoms with Gasteiger partial charge >= 0.3 is 11.9 Å². The summed E-state index contributed by atoms with van der Waals surface area (Å²) in [5.74, 6) is -4.89. The van der Waals surface area contributed by atoms with Gasteiger partial charge in [-0.15, -0.1) is 0 Å². The van der Waals surface area contributed by atoms with Crippen molar-refractivity contribution < 1.29 is 38.7 Å². The van der Waals surface area contributed by atoms with Gasteiger partial charge in [0.05, 0.1) is 16.7 Å². The number of anilines is 1. The summed E-state index contributed by atoms with van der Waals surface area (Å²) in [6.07, 6.45) is 0. The minimum absolute atomic E-state index is 0.0307. The lowest BCUT2D eigenvalue weighted by atomic mass is 10.1. The number of carboxylic acids is 1. The van der Waals surface area contributed by atoms with E-state index in [0.29, 0.717) is 5.69 Å². The predicted octanol–water partition coefficient (Wildman–Crippen LogP) is 2.44. The van der Waals surface area contributed by atoms with Crippen LogP contribution in [0.3, 0.4) is 0 Å². The molecule has 3 aromatic rings. The third-order valence-electron chi connectivity index (χ3n) is 5.05. The molecule has 1 aromatic heterocycles. The summed E-state index contributed by atoms with van der Waals surface area (Å²) >= 11 is 6.19. The van der Waals surface area contributed by atoms with Crippen molar-refractivity contribution in [2.24, 2.45) is 0 Å². The van der Waals surface area contributed by atoms with Crippen molar-refractivity contribution in [2.75, 3.05) is 18.5 Å². The monoisotopic (exact) mass is 530 g/mol. The second-order valence-corrected chi connectivity index (χ2v) is 7.96. The lowest BCUT2D eigenvalue weighted by molar-refractivity contribution is -0.402. The van der Waals surface area contributed by atoms with E-state index >= 15 is 0 Å². The number of phenolic OH excluding ortho intramolecular Hbond substituents is 1. The number of aromatic hydroxyl groups is 1. The van der Waals surface area contributed by atoms with Gasteiger partial charge in [-0.2, -0.15) is 0 Å². The van der Waals surface area contributed by atoms with Gasteiger partial charge in [-0.25, -0.2) is 4.79 Å². The molecule has 13 nitrogen and oxygen atoms in total. The van der Waals surface area contributed by atoms with E-state index in [0.717, 1.165) is 12.1 Å². The van der Waals surface area contributed by atoms with E-state index in [9.17, 15) is 39.5 Å². The van der Waals surface area contributed by atoms with Gasteiger partial charge in [0.2, 0.25) is 0 Å². The molecule has 192 valence electrons. The van der Waals surface area contributed by atoms with E-state index in [1.165, 1.54) is 42.3 Å². The molecule has 0 fully saturated rings. The molecule has 14 heteroatoms. The Morgan fingerprint density at radius 3 is 2.43 bits per heavy atom. The summed E-state index contributed by atoms with van der Waals surface area (Å²) < 4.78 is 4.74. The van der Waals surface area contributed by atoms with Crippen LogP contribution in [0, 0.1) is 10.1 Å². The Kier molecular flexibility index (Phi) is 8.09. The Morgan fingerprint density at radius 1 is 1.11 bits per heavy atom. The highest BCUT2D eigenvalue weighted by molar-refractivity contribution is 6.34. The predicted molar refractivity (Wildman–Crippen MR) is 129 cm³/mol. The van der Waals surface area contributed by atoms with Crippen molar-refractivity contribution in [1.29, 1.82) is 0 Å². The lowest BCUT2D eigenvalue weighted by Crippen LogP contribution is -2.48. The molecule has 2 aromatic carbocycles. The highest BCUT2D eigenvalue weighted by Crippen LogP contribution is 2.23. The van der Waals surface area contributed by atoms with Crippen LogP contribution >= 0.6 is 11.6 Å². The second-order valence-electron chi connectivity index (χ2n) is 7.55. The van der Waals surface area contributed by atoms with Gasteiger partial charge in [-0.3, -0.25) is 24.5 Å². The average Bonchev–Trinajstić information content (AvgIpc) is 3.36. The number of hydrogen-bond acceptors (Lipinski definition) is 8. The molecule has 0 saturated carbocycles. The van der Waals surface area contributed by atoms with Crippen LogP contribution in [0.15, 0.2) is 59.0 Å². The average molecular weight is 531 g/mol. The zero-order chi connectivity index (χ0) is 27.3. The molecule has 0 saturated heterocycles. The number of nitrogens with one attached hydrogen (secondary N) is 2. The first-order valence-corrected chi connectivity index (χ1v) is 10.8. The first kappa shape index (κ1) is 26.7. The molecule has 4 N–H and O–H groups in total. The number of nitro groups is 1. The number of amides is 3. The lowest BCUT2D eigenvalue weighted by Gasteiger charge is -2.18. The first-order chi connectivity index (χ1) is 17.5. The van der Waals surface area contributed by atoms with Crippen LogP contribution in [0.25, 0.3) is 0 Å². The summed E-state index contributed by atoms with van der Waals surface area (Å²) in [6, 6.07) is 10.2. The van der Waals surface area contributed by atoms with Gasteiger partial charge in [0.1, 0.15) is 16.7 Å². The van der Waals surface area contributed by atoms with Crippen LogP contribution in [0.2, 0.25) is 5.02 Å². The topological polar surface area (TPSA) is 192 Å². The van der Waals surface area contributed by atoms with Gasteiger partial charge in [0.25, 0.3) is 17.7 Å². The highest BCUT2D eigenvalue weighted by Gasteiger charge is 2.25. The highest BCUT2D eigenvalue weighted by atomic mass is 35.5. The zero-order valence-electron chi connectivity index (χ0n) is 19.0. The van der Waals surface area contributed by atoms with Gasteiger partial charge in [-0.05, 0) is 36.4 Å². The fraction of sp³-hybridized carbons (Fsp3) is 0.130. The third kappa shape index (κ3) is 6.41. The number of benzene rings is 2. The third-order valence-corrected chi connectivity index (χ3v) is 5.36. The van der Waals surface area contributed by atoms with Crippen LogP contribution in [-0.2, 0) is 4.79 Å². The molecular weight excluding hydrogens is 512 g/mol. The molecule has 3 amide bonds. The van der Waals surface area contributed by atoms with Crippen LogP contribution in [0.4, 0.5) is 11.6 Å². The van der Waals surface area contributed by atoms with E-state index in [1.54, 1.807) is 12.1 Å². The number of phenols is 1. The Bertz CT molecular complexity index is 1390. The van der Waals surface area contributed by atoms with Crippen molar-refractivity contribution in [3.8, 4) is 5.75 Å². The van der Waals surface area contributed by atoms with Gasteiger partial charge < -0.3 is 30.2 Å². The number of nitrogens with zero attached hydrogens (tertiary/aromatic N) is 2. The van der Waals surface area contributed by atoms with Crippen LogP contribution in [0.1, 0.15) is 31.3 Å². The largest absolute Gasteiger partial charge is 0.508 e. The quantitative estimate of drug-likeness (QED) is 0.237. The first-order valence-electron chi connectivity index (χ1n) is 10.4. The Morgan fingerprint density at radius 2 is 1.84 bits per heavy atom. The molecular formula is C23H19ClN4O9. The smallest absolute Gasteiger partial charge is 0.433 e. The Hall–Kier alpha value is -4.91. The van der Waals surface area contributed by atoms with Gasteiger partial charge in [-0.1, -0.05) is 17.7 Å². The maximum Gasteiger partial charge on any atom is 0.433 e. The normalized spacial score (nSPS) is 11.3. The number of aliphatic carboxylic acids is 1. The van der Waals surface area contributed by atoms with Crippen molar-refractivity contribution in [3.63, 3.8) is 0 Å². The maximum absolute atomic E-state index is 12.8. The number of hydrogen-bond donors (Lipinski definition) is 4. The van der Waals surface area contributed by atoms with Crippen LogP contribution in [-0.4, -0.2) is 58.5 Å². The number of carbonyl (C=O) groups excluding carboxylic acids is 3. The summed E-state index contributed by atoms with van der Waals surface area (Å²) in [5, 5.41) is 34.0. The summed E-state index contributed by atoms with van der Waals surface area (Å²) in [5.41, 5.74) is 0.415. The van der Waals surface area contributed by atoms with Crippen molar-refractivity contribution in [3.05, 3.63) is 86.6 Å². The summed E-state index contributed by atoms with van der Waals surface area (Å²) in [6.45, 7) is -0.572. The number of rotatable bonds is 9. The fourth-order valence-electron chi connectivity index (χ4n) is 3.11. The molecule has 3 rings (SSSR count). The summed E-state index contributed by atoms with van der Waals surface area (Å²) in [7, 11) is 1.48. The number of carboxylic acid groups (broad SMARTS) is 1. The molecule has 37 heavy (non-hydrogen) atoms. The van der Waals surface area contributed by atoms with E-state index in [4.69, 9.17) is 16.0 Å². The van der Waals surface area contributed by atoms with Crippen molar-refractivity contribution in [1.82, 2.24) is 10.6 Å². The minimum atomic E-state index is -1.59. The SMILES string of the molecule is CN(C(=O)c1ccc(C(=O)N[C@@H](CNC(=O)c2ccc([N+](=O)[O-])o2)C(=O)O)c(Cl)c1)c1cccc(O)c1. The van der Waals surface area contributed by atoms with Crippen molar-refractivity contribution >= 4 is 46.9 Å². The molecule has 0 bridgehead atoms. The van der Waals surface area contributed by atoms with E-state index in [-0.39, 0.29) is 21.9 Å². The minimum Gasteiger partial charge on any atom is -0.508 e. The molecule has 0 aliphatic heterocycles. The molecule has 0 aliphatic carbocycles. The molecule has 0 radical (unpaired) electrons. The maximum atomic E-state index is 12.8. The standard InChI is InChI=1S/C23H19ClN4O9/c1-27(13-3-2-4-14(29)10-13)22(32)12-5-6-15(16(24)9-12)20(30)26-17(23(33)34)11-25-21(31)18-7-8-19(37-18)28(35)36/h2-10,17,29H,11H2,1H3,(H,25,31)(H,26,30)(H,33,34)/t17-/m0/s1. The molecule has 0 spiro atoms. The number of furan rings is 1. The van der Waals surface area contributed by atoms with E-state index in [1.807, 2.05) is 0 Å². The second kappa shape index (κ2) is 11.2. The molecule has 0 aliphatic rings. The molecule has 1 atom stereocenters. The summed E-state index contributed by atoms with van der Waals surface area (Å²) in [4.78, 5) is 60.2. The van der Waals surface area contributed by atoms with Gasteiger partial charge in [0, 0.05) is 30.9 Å². The zero-order valence-corrected chi connectivity index (χ0v) is 19.8. The Labute approximate surface area is 213 Å². The van der Waals surface area contributed by atoms with Gasteiger partial charge in [0.15, 0.2) is 5.76 Å². The van der Waals surface area contributed by atoms with Crippen LogP contribution < -0.4 is 15.5 Å². The van der Waals surface area contributed by atoms with Crippen LogP contribution in [0.5, 0.6) is 5.75 Å². The van der Waals surface area contributed by atoms with E-state index in [2.05, 4.69) is 10.6 Å². The number of carbonyl (C=O) groups is 4. The fourth-order valence-corrected chi connectivity index (χ4v) is 3.38. The Balaban J connectivity index is 1.67. The van der Waals surface area contributed by atoms with Crippen molar-refractivity contribution in [2.45, 2.75) is 6.04 Å². The molecule has 0 unspecified atom stereocenters. The molecule has 1 heterocycles. The van der Waals surface area contributed by atoms with E-state index < -0.39 is 52.8 Å².